The number of ether oxygens (including phenoxy) is 1. The minimum Gasteiger partial charge on any atom is -0.377 e. The zero-order chi connectivity index (χ0) is 15.7. The van der Waals surface area contributed by atoms with E-state index in [1.165, 1.54) is 0 Å². The molecule has 0 unspecified atom stereocenters. The van der Waals surface area contributed by atoms with Crippen LogP contribution in [0, 0.1) is 22.7 Å². The molecule has 7 heteroatoms. The molecule has 0 fully saturated rings. The van der Waals surface area contributed by atoms with E-state index in [-0.39, 0.29) is 20.9 Å². The highest BCUT2D eigenvalue weighted by atomic mass is 31.1. The van der Waals surface area contributed by atoms with Gasteiger partial charge in [0.15, 0.2) is 0 Å². The summed E-state index contributed by atoms with van der Waals surface area (Å²) >= 11 is 0. The zero-order valence-electron chi connectivity index (χ0n) is 12.0. The summed E-state index contributed by atoms with van der Waals surface area (Å²) in [5, 5.41) is 17.8. The summed E-state index contributed by atoms with van der Waals surface area (Å²) in [6, 6.07) is 3.79. The third-order valence-corrected chi connectivity index (χ3v) is 3.21. The Kier molecular flexibility index (Phi) is 7.36. The molecule has 0 aromatic heterocycles. The van der Waals surface area contributed by atoms with E-state index in [2.05, 4.69) is 4.52 Å². The lowest BCUT2D eigenvalue weighted by Gasteiger charge is -2.29. The number of hydrogen-bond acceptors (Lipinski definition) is 6. The molecule has 0 N–H and O–H groups in total. The van der Waals surface area contributed by atoms with E-state index >= 15 is 0 Å². The Morgan fingerprint density at radius 2 is 1.81 bits per heavy atom. The van der Waals surface area contributed by atoms with Crippen molar-refractivity contribution in [1.82, 2.24) is 4.90 Å². The molecule has 0 spiro atoms. The summed E-state index contributed by atoms with van der Waals surface area (Å²) < 4.78 is 20.0. The van der Waals surface area contributed by atoms with Crippen LogP contribution in [0.5, 0.6) is 0 Å². The number of allylic oxidation sites excluding steroid dienone is 6. The highest BCUT2D eigenvalue weighted by Crippen LogP contribution is 2.24. The van der Waals surface area contributed by atoms with Gasteiger partial charge in [0.25, 0.3) is 0 Å². The minimum absolute atomic E-state index is 0.110. The van der Waals surface area contributed by atoms with Crippen molar-refractivity contribution < 1.29 is 13.8 Å². The lowest BCUT2D eigenvalue weighted by molar-refractivity contribution is 0.0943. The molecule has 0 aliphatic carbocycles. The van der Waals surface area contributed by atoms with Crippen LogP contribution in [0.15, 0.2) is 34.7 Å². The van der Waals surface area contributed by atoms with Gasteiger partial charge < -0.3 is 9.64 Å². The van der Waals surface area contributed by atoms with Crippen LogP contribution in [-0.4, -0.2) is 31.3 Å². The molecule has 0 aromatic carbocycles. The zero-order valence-corrected chi connectivity index (χ0v) is 12.9. The van der Waals surface area contributed by atoms with Gasteiger partial charge >= 0.3 is 8.69 Å². The maximum absolute atomic E-state index is 10.1. The lowest BCUT2D eigenvalue weighted by atomic mass is 10.0. The van der Waals surface area contributed by atoms with Crippen molar-refractivity contribution in [3.63, 3.8) is 0 Å². The lowest BCUT2D eigenvalue weighted by Crippen LogP contribution is -2.26. The topological polar surface area (TPSA) is 86.3 Å². The molecular formula is C14H16N3O3P. The number of nitriles is 2. The fourth-order valence-corrected chi connectivity index (χ4v) is 2.12. The van der Waals surface area contributed by atoms with Gasteiger partial charge in [-0.05, 0) is 26.0 Å². The van der Waals surface area contributed by atoms with E-state index in [0.29, 0.717) is 25.3 Å². The van der Waals surface area contributed by atoms with Gasteiger partial charge in [-0.3, -0.25) is 4.52 Å². The fourth-order valence-electron chi connectivity index (χ4n) is 1.97. The molecular weight excluding hydrogens is 289 g/mol. The van der Waals surface area contributed by atoms with Gasteiger partial charge in [-0.1, -0.05) is 0 Å². The molecule has 0 bridgehead atoms. The SMILES string of the molecule is CC1=CC(=C(C#N)C#N)C=C(C)N1CCOCCOP=O. The molecule has 0 atom stereocenters. The first-order chi connectivity index (χ1) is 10.1. The van der Waals surface area contributed by atoms with Crippen LogP contribution in [0.1, 0.15) is 13.8 Å². The molecule has 1 aliphatic rings. The predicted octanol–water partition coefficient (Wildman–Crippen LogP) is 2.69. The van der Waals surface area contributed by atoms with Crippen LogP contribution < -0.4 is 0 Å². The molecule has 1 rings (SSSR count). The van der Waals surface area contributed by atoms with E-state index in [9.17, 15) is 4.57 Å². The normalized spacial score (nSPS) is 14.3. The first kappa shape index (κ1) is 17.1. The second kappa shape index (κ2) is 9.05. The van der Waals surface area contributed by atoms with Gasteiger partial charge in [0.05, 0.1) is 19.8 Å². The maximum atomic E-state index is 10.1. The molecule has 6 nitrogen and oxygen atoms in total. The van der Waals surface area contributed by atoms with Crippen molar-refractivity contribution in [3.05, 3.63) is 34.7 Å². The van der Waals surface area contributed by atoms with Crippen LogP contribution in [0.2, 0.25) is 0 Å². The van der Waals surface area contributed by atoms with Gasteiger partial charge in [-0.15, -0.1) is 0 Å². The van der Waals surface area contributed by atoms with Gasteiger partial charge in [-0.25, -0.2) is 4.57 Å². The van der Waals surface area contributed by atoms with Gasteiger partial charge in [-0.2, -0.15) is 10.5 Å². The molecule has 21 heavy (non-hydrogen) atoms. The molecule has 1 heterocycles. The Hall–Kier alpha value is -1.98. The Labute approximate surface area is 125 Å². The van der Waals surface area contributed by atoms with Crippen LogP contribution >= 0.6 is 8.69 Å². The molecule has 0 radical (unpaired) electrons. The summed E-state index contributed by atoms with van der Waals surface area (Å²) in [5.41, 5.74) is 2.64. The van der Waals surface area contributed by atoms with Crippen LogP contribution in [0.3, 0.4) is 0 Å². The Morgan fingerprint density at radius 1 is 1.19 bits per heavy atom. The van der Waals surface area contributed by atoms with E-state index < -0.39 is 0 Å². The van der Waals surface area contributed by atoms with Crippen molar-refractivity contribution in [2.45, 2.75) is 13.8 Å². The van der Waals surface area contributed by atoms with Gasteiger partial charge in [0, 0.05) is 23.5 Å². The molecule has 0 aromatic rings. The van der Waals surface area contributed by atoms with Crippen LogP contribution in [0.25, 0.3) is 0 Å². The monoisotopic (exact) mass is 305 g/mol. The first-order valence-corrected chi connectivity index (χ1v) is 7.08. The van der Waals surface area contributed by atoms with Gasteiger partial charge in [0.1, 0.15) is 17.7 Å². The van der Waals surface area contributed by atoms with Crippen molar-refractivity contribution >= 4 is 8.69 Å². The van der Waals surface area contributed by atoms with E-state index in [0.717, 1.165) is 11.4 Å². The van der Waals surface area contributed by atoms with Crippen LogP contribution in [0.4, 0.5) is 0 Å². The number of rotatable bonds is 7. The molecule has 110 valence electrons. The third-order valence-electron chi connectivity index (χ3n) is 2.92. The third kappa shape index (κ3) is 5.13. The Balaban J connectivity index is 2.60. The Bertz CT molecular complexity index is 529. The first-order valence-electron chi connectivity index (χ1n) is 6.35. The predicted molar refractivity (Wildman–Crippen MR) is 76.8 cm³/mol. The maximum Gasteiger partial charge on any atom is 0.327 e. The second-order valence-electron chi connectivity index (χ2n) is 4.30. The molecule has 0 saturated heterocycles. The smallest absolute Gasteiger partial charge is 0.327 e. The minimum atomic E-state index is -0.338. The highest BCUT2D eigenvalue weighted by molar-refractivity contribution is 7.17. The summed E-state index contributed by atoms with van der Waals surface area (Å²) in [6.45, 7) is 5.66. The van der Waals surface area contributed by atoms with Crippen molar-refractivity contribution in [2.24, 2.45) is 0 Å². The Morgan fingerprint density at radius 3 is 2.33 bits per heavy atom. The van der Waals surface area contributed by atoms with E-state index in [4.69, 9.17) is 15.3 Å². The largest absolute Gasteiger partial charge is 0.377 e. The van der Waals surface area contributed by atoms with Gasteiger partial charge in [0.2, 0.25) is 0 Å². The van der Waals surface area contributed by atoms with Crippen molar-refractivity contribution in [3.8, 4) is 12.1 Å². The average Bonchev–Trinajstić information content (AvgIpc) is 2.46. The quantitative estimate of drug-likeness (QED) is 0.408. The second-order valence-corrected chi connectivity index (χ2v) is 4.70. The highest BCUT2D eigenvalue weighted by Gasteiger charge is 2.15. The summed E-state index contributed by atoms with van der Waals surface area (Å²) in [5.74, 6) is 0. The van der Waals surface area contributed by atoms with Crippen molar-refractivity contribution in [1.29, 1.82) is 10.5 Å². The molecule has 0 amide bonds. The standard InChI is InChI=1S/C14H16N3O3P/c1-11-7-13(14(9-15)10-16)8-12(2)17(11)3-4-19-5-6-20-21-18/h7-8H,3-6H2,1-2H3. The van der Waals surface area contributed by atoms with Crippen LogP contribution in [-0.2, 0) is 13.8 Å². The summed E-state index contributed by atoms with van der Waals surface area (Å²) in [6.07, 6.45) is 3.63. The molecule has 0 saturated carbocycles. The number of nitrogens with zero attached hydrogens (tertiary/aromatic N) is 3. The summed E-state index contributed by atoms with van der Waals surface area (Å²) in [7, 11) is -0.338. The van der Waals surface area contributed by atoms with Crippen molar-refractivity contribution in [2.75, 3.05) is 26.4 Å². The average molecular weight is 305 g/mol. The summed E-state index contributed by atoms with van der Waals surface area (Å²) in [4.78, 5) is 2.04. The van der Waals surface area contributed by atoms with E-state index in [1.54, 1.807) is 0 Å². The fraction of sp³-hybridized carbons (Fsp3) is 0.429. The number of hydrogen-bond donors (Lipinski definition) is 0. The van der Waals surface area contributed by atoms with E-state index in [1.807, 2.05) is 43.0 Å². The molecule has 1 aliphatic heterocycles.